The molecule has 0 aliphatic carbocycles. The van der Waals surface area contributed by atoms with Gasteiger partial charge in [0, 0.05) is 5.39 Å². The third-order valence-corrected chi connectivity index (χ3v) is 2.73. The zero-order valence-corrected chi connectivity index (χ0v) is 9.49. The van der Waals surface area contributed by atoms with Gasteiger partial charge in [0.05, 0.1) is 5.02 Å². The molecule has 0 aliphatic rings. The van der Waals surface area contributed by atoms with Gasteiger partial charge in [0.1, 0.15) is 6.10 Å². The summed E-state index contributed by atoms with van der Waals surface area (Å²) in [5.74, 6) is -0.257. The molecular weight excluding hydrogens is 228 g/mol. The fraction of sp³-hybridized carbons (Fsp3) is 0.250. The molecule has 1 aromatic heterocycles. The maximum atomic E-state index is 11.7. The van der Waals surface area contributed by atoms with E-state index in [9.17, 15) is 9.90 Å². The topological polar surface area (TPSA) is 50.4 Å². The Bertz CT molecular complexity index is 530. The molecule has 0 amide bonds. The van der Waals surface area contributed by atoms with E-state index in [1.54, 1.807) is 31.2 Å². The number of benzene rings is 1. The van der Waals surface area contributed by atoms with E-state index < -0.39 is 11.9 Å². The standard InChI is InChI=1S/C12H11ClO3/c1-2-9(14)11(15)10-6-7-4-3-5-8(13)12(7)16-10/h3-6,9,14H,2H2,1H3. The van der Waals surface area contributed by atoms with Gasteiger partial charge in [-0.05, 0) is 18.6 Å². The van der Waals surface area contributed by atoms with Gasteiger partial charge in [-0.1, -0.05) is 30.7 Å². The Kier molecular flexibility index (Phi) is 2.99. The number of furan rings is 1. The van der Waals surface area contributed by atoms with Crippen molar-refractivity contribution in [3.05, 3.63) is 35.0 Å². The summed E-state index contributed by atoms with van der Waals surface area (Å²) < 4.78 is 5.34. The van der Waals surface area contributed by atoms with Crippen molar-refractivity contribution in [2.45, 2.75) is 19.4 Å². The van der Waals surface area contributed by atoms with Gasteiger partial charge in [-0.15, -0.1) is 0 Å². The van der Waals surface area contributed by atoms with Crippen LogP contribution in [-0.4, -0.2) is 17.0 Å². The SMILES string of the molecule is CCC(O)C(=O)c1cc2cccc(Cl)c2o1. The number of ketones is 1. The van der Waals surface area contributed by atoms with Crippen LogP contribution in [0.1, 0.15) is 23.9 Å². The molecule has 2 aromatic rings. The summed E-state index contributed by atoms with van der Waals surface area (Å²) in [6.07, 6.45) is -0.650. The highest BCUT2D eigenvalue weighted by molar-refractivity contribution is 6.34. The minimum Gasteiger partial charge on any atom is -0.451 e. The zero-order chi connectivity index (χ0) is 11.7. The van der Waals surface area contributed by atoms with Crippen LogP contribution in [0, 0.1) is 0 Å². The summed E-state index contributed by atoms with van der Waals surface area (Å²) in [5.41, 5.74) is 0.482. The molecular formula is C12H11ClO3. The number of aliphatic hydroxyl groups is 1. The molecule has 0 fully saturated rings. The number of Topliss-reactive ketones (excluding diaryl/α,β-unsaturated/α-hetero) is 1. The Morgan fingerprint density at radius 1 is 1.56 bits per heavy atom. The number of aliphatic hydroxyl groups excluding tert-OH is 1. The number of fused-ring (bicyclic) bond motifs is 1. The van der Waals surface area contributed by atoms with Crippen molar-refractivity contribution in [1.82, 2.24) is 0 Å². The molecule has 84 valence electrons. The van der Waals surface area contributed by atoms with Crippen LogP contribution in [0.4, 0.5) is 0 Å². The van der Waals surface area contributed by atoms with Crippen LogP contribution < -0.4 is 0 Å². The van der Waals surface area contributed by atoms with Crippen molar-refractivity contribution in [2.75, 3.05) is 0 Å². The van der Waals surface area contributed by atoms with E-state index in [-0.39, 0.29) is 5.76 Å². The van der Waals surface area contributed by atoms with Crippen molar-refractivity contribution in [1.29, 1.82) is 0 Å². The molecule has 0 bridgehead atoms. The summed E-state index contributed by atoms with van der Waals surface area (Å²) >= 11 is 5.92. The number of rotatable bonds is 3. The third kappa shape index (κ3) is 1.84. The molecule has 1 N–H and O–H groups in total. The van der Waals surface area contributed by atoms with E-state index in [0.717, 1.165) is 5.39 Å². The molecule has 0 aliphatic heterocycles. The zero-order valence-electron chi connectivity index (χ0n) is 8.74. The molecule has 0 saturated heterocycles. The lowest BCUT2D eigenvalue weighted by atomic mass is 10.1. The third-order valence-electron chi connectivity index (χ3n) is 2.43. The van der Waals surface area contributed by atoms with Gasteiger partial charge < -0.3 is 9.52 Å². The first-order chi connectivity index (χ1) is 7.63. The largest absolute Gasteiger partial charge is 0.451 e. The van der Waals surface area contributed by atoms with Crippen molar-refractivity contribution >= 4 is 28.4 Å². The van der Waals surface area contributed by atoms with Crippen molar-refractivity contribution in [3.63, 3.8) is 0 Å². The van der Waals surface area contributed by atoms with E-state index in [1.165, 1.54) is 0 Å². The van der Waals surface area contributed by atoms with Crippen LogP contribution in [0.15, 0.2) is 28.7 Å². The Morgan fingerprint density at radius 3 is 2.94 bits per heavy atom. The molecule has 0 saturated carbocycles. The Balaban J connectivity index is 2.48. The van der Waals surface area contributed by atoms with E-state index >= 15 is 0 Å². The average Bonchev–Trinajstić information content (AvgIpc) is 2.72. The van der Waals surface area contributed by atoms with Gasteiger partial charge in [-0.3, -0.25) is 4.79 Å². The average molecular weight is 239 g/mol. The van der Waals surface area contributed by atoms with Gasteiger partial charge >= 0.3 is 0 Å². The summed E-state index contributed by atoms with van der Waals surface area (Å²) in [4.78, 5) is 11.7. The number of para-hydroxylation sites is 1. The molecule has 1 unspecified atom stereocenters. The number of carbonyl (C=O) groups is 1. The molecule has 4 heteroatoms. The lowest BCUT2D eigenvalue weighted by Crippen LogP contribution is -2.18. The van der Waals surface area contributed by atoms with Gasteiger partial charge in [-0.2, -0.15) is 0 Å². The molecule has 1 atom stereocenters. The lowest BCUT2D eigenvalue weighted by molar-refractivity contribution is 0.0713. The molecule has 3 nitrogen and oxygen atoms in total. The van der Waals surface area contributed by atoms with E-state index in [2.05, 4.69) is 0 Å². The number of hydrogen-bond acceptors (Lipinski definition) is 3. The highest BCUT2D eigenvalue weighted by Gasteiger charge is 2.19. The lowest BCUT2D eigenvalue weighted by Gasteiger charge is -2.02. The van der Waals surface area contributed by atoms with E-state index in [4.69, 9.17) is 16.0 Å². The number of carbonyl (C=O) groups excluding carboxylic acids is 1. The monoisotopic (exact) mass is 238 g/mol. The predicted molar refractivity (Wildman–Crippen MR) is 61.9 cm³/mol. The second-order valence-electron chi connectivity index (χ2n) is 3.56. The molecule has 1 heterocycles. The quantitative estimate of drug-likeness (QED) is 0.837. The van der Waals surface area contributed by atoms with E-state index in [0.29, 0.717) is 17.0 Å². The molecule has 0 spiro atoms. The number of hydrogen-bond donors (Lipinski definition) is 1. The van der Waals surface area contributed by atoms with Crippen LogP contribution >= 0.6 is 11.6 Å². The minimum atomic E-state index is -1.01. The van der Waals surface area contributed by atoms with Gasteiger partial charge in [0.15, 0.2) is 11.3 Å². The van der Waals surface area contributed by atoms with Gasteiger partial charge in [0.2, 0.25) is 5.78 Å². The highest BCUT2D eigenvalue weighted by Crippen LogP contribution is 2.27. The number of halogens is 1. The highest BCUT2D eigenvalue weighted by atomic mass is 35.5. The Morgan fingerprint density at radius 2 is 2.31 bits per heavy atom. The minimum absolute atomic E-state index is 0.150. The summed E-state index contributed by atoms with van der Waals surface area (Å²) in [6.45, 7) is 1.73. The first-order valence-electron chi connectivity index (χ1n) is 5.03. The first kappa shape index (κ1) is 11.2. The summed E-state index contributed by atoms with van der Waals surface area (Å²) in [7, 11) is 0. The first-order valence-corrected chi connectivity index (χ1v) is 5.41. The maximum absolute atomic E-state index is 11.7. The van der Waals surface area contributed by atoms with Crippen LogP contribution in [0.5, 0.6) is 0 Å². The van der Waals surface area contributed by atoms with Crippen LogP contribution in [0.2, 0.25) is 5.02 Å². The second kappa shape index (κ2) is 4.28. The molecule has 0 radical (unpaired) electrons. The maximum Gasteiger partial charge on any atom is 0.226 e. The Hall–Kier alpha value is -1.32. The van der Waals surface area contributed by atoms with Crippen molar-refractivity contribution < 1.29 is 14.3 Å². The fourth-order valence-corrected chi connectivity index (χ4v) is 1.72. The van der Waals surface area contributed by atoms with Crippen LogP contribution in [0.3, 0.4) is 0 Å². The predicted octanol–water partition coefficient (Wildman–Crippen LogP) is 3.04. The van der Waals surface area contributed by atoms with Crippen LogP contribution in [-0.2, 0) is 0 Å². The van der Waals surface area contributed by atoms with Crippen molar-refractivity contribution in [2.24, 2.45) is 0 Å². The van der Waals surface area contributed by atoms with E-state index in [1.807, 2.05) is 0 Å². The summed E-state index contributed by atoms with van der Waals surface area (Å²) in [6, 6.07) is 6.88. The summed E-state index contributed by atoms with van der Waals surface area (Å²) in [5, 5.41) is 10.7. The van der Waals surface area contributed by atoms with Crippen LogP contribution in [0.25, 0.3) is 11.0 Å². The van der Waals surface area contributed by atoms with Gasteiger partial charge in [0.25, 0.3) is 0 Å². The fourth-order valence-electron chi connectivity index (χ4n) is 1.50. The smallest absolute Gasteiger partial charge is 0.226 e. The second-order valence-corrected chi connectivity index (χ2v) is 3.96. The molecule has 1 aromatic carbocycles. The van der Waals surface area contributed by atoms with Crippen molar-refractivity contribution in [3.8, 4) is 0 Å². The molecule has 2 rings (SSSR count). The Labute approximate surface area is 97.6 Å². The van der Waals surface area contributed by atoms with Gasteiger partial charge in [-0.25, -0.2) is 0 Å². The molecule has 16 heavy (non-hydrogen) atoms. The normalized spacial score (nSPS) is 12.9.